The molecule has 1 aliphatic carbocycles. The standard InChI is InChI=1S/C23H32N4O4/c28-23(15-29-11-12-30-16-23)14-26-7-9-27(10-8-26)18-5-6-21-20(13-18)22(25-17-24-21)31-19-3-1-2-4-19/h5-6,13,17,19,28H,1-4,7-12,14-16H2. The number of rotatable bonds is 5. The number of aromatic nitrogens is 2. The zero-order valence-electron chi connectivity index (χ0n) is 18.0. The van der Waals surface area contributed by atoms with Crippen LogP contribution in [0.4, 0.5) is 5.69 Å². The van der Waals surface area contributed by atoms with Crippen molar-refractivity contribution in [3.63, 3.8) is 0 Å². The molecule has 1 aromatic carbocycles. The van der Waals surface area contributed by atoms with Crippen molar-refractivity contribution in [2.24, 2.45) is 0 Å². The van der Waals surface area contributed by atoms with Crippen molar-refractivity contribution in [1.82, 2.24) is 14.9 Å². The molecule has 5 rings (SSSR count). The SMILES string of the molecule is OC1(CN2CCN(c3ccc4ncnc(OC5CCCC5)c4c3)CC2)COCCOC1. The molecular weight excluding hydrogens is 396 g/mol. The van der Waals surface area contributed by atoms with Crippen LogP contribution in [0.2, 0.25) is 0 Å². The second-order valence-corrected chi connectivity index (χ2v) is 9.00. The Kier molecular flexibility index (Phi) is 6.22. The first-order valence-corrected chi connectivity index (χ1v) is 11.5. The second-order valence-electron chi connectivity index (χ2n) is 9.00. The molecule has 3 fully saturated rings. The number of fused-ring (bicyclic) bond motifs is 1. The Morgan fingerprint density at radius 3 is 2.52 bits per heavy atom. The number of piperazine rings is 1. The van der Waals surface area contributed by atoms with Crippen molar-refractivity contribution in [2.75, 3.05) is 64.1 Å². The first-order valence-electron chi connectivity index (χ1n) is 11.5. The zero-order valence-corrected chi connectivity index (χ0v) is 18.0. The Balaban J connectivity index is 1.25. The molecule has 8 heteroatoms. The van der Waals surface area contributed by atoms with Gasteiger partial charge in [-0.3, -0.25) is 4.90 Å². The van der Waals surface area contributed by atoms with Gasteiger partial charge < -0.3 is 24.2 Å². The predicted octanol–water partition coefficient (Wildman–Crippen LogP) is 1.85. The predicted molar refractivity (Wildman–Crippen MR) is 118 cm³/mol. The number of ether oxygens (including phenoxy) is 3. The number of benzene rings is 1. The van der Waals surface area contributed by atoms with E-state index in [9.17, 15) is 5.11 Å². The van der Waals surface area contributed by atoms with Gasteiger partial charge in [0, 0.05) is 38.4 Å². The molecule has 3 aliphatic rings. The largest absolute Gasteiger partial charge is 0.474 e. The second kappa shape index (κ2) is 9.24. The van der Waals surface area contributed by atoms with E-state index in [-0.39, 0.29) is 6.10 Å². The van der Waals surface area contributed by atoms with Crippen molar-refractivity contribution in [2.45, 2.75) is 37.4 Å². The van der Waals surface area contributed by atoms with Gasteiger partial charge in [-0.25, -0.2) is 9.97 Å². The van der Waals surface area contributed by atoms with Crippen LogP contribution in [0.15, 0.2) is 24.5 Å². The van der Waals surface area contributed by atoms with E-state index < -0.39 is 5.60 Å². The molecule has 1 N–H and O–H groups in total. The molecule has 31 heavy (non-hydrogen) atoms. The summed E-state index contributed by atoms with van der Waals surface area (Å²) in [5.41, 5.74) is 1.16. The maximum Gasteiger partial charge on any atom is 0.224 e. The molecule has 1 aromatic heterocycles. The highest BCUT2D eigenvalue weighted by atomic mass is 16.6. The summed E-state index contributed by atoms with van der Waals surface area (Å²) in [5, 5.41) is 11.8. The summed E-state index contributed by atoms with van der Waals surface area (Å²) in [5.74, 6) is 0.702. The fourth-order valence-corrected chi connectivity index (χ4v) is 4.83. The highest BCUT2D eigenvalue weighted by Gasteiger charge is 2.33. The summed E-state index contributed by atoms with van der Waals surface area (Å²) < 4.78 is 17.2. The Morgan fingerprint density at radius 2 is 1.77 bits per heavy atom. The lowest BCUT2D eigenvalue weighted by atomic mass is 10.1. The van der Waals surface area contributed by atoms with E-state index in [1.165, 1.54) is 12.8 Å². The molecule has 2 aliphatic heterocycles. The van der Waals surface area contributed by atoms with Gasteiger partial charge in [-0.2, -0.15) is 0 Å². The van der Waals surface area contributed by atoms with E-state index in [0.717, 1.165) is 55.6 Å². The molecule has 2 aromatic rings. The average Bonchev–Trinajstić information content (AvgIpc) is 3.21. The van der Waals surface area contributed by atoms with Gasteiger partial charge in [-0.15, -0.1) is 0 Å². The monoisotopic (exact) mass is 428 g/mol. The van der Waals surface area contributed by atoms with Gasteiger partial charge in [-0.05, 0) is 43.9 Å². The van der Waals surface area contributed by atoms with Crippen LogP contribution < -0.4 is 9.64 Å². The smallest absolute Gasteiger partial charge is 0.224 e. The molecule has 168 valence electrons. The quantitative estimate of drug-likeness (QED) is 0.773. The molecule has 2 saturated heterocycles. The molecule has 3 heterocycles. The Morgan fingerprint density at radius 1 is 1.03 bits per heavy atom. The molecule has 0 bridgehead atoms. The number of hydrogen-bond acceptors (Lipinski definition) is 8. The summed E-state index contributed by atoms with van der Waals surface area (Å²) in [7, 11) is 0. The van der Waals surface area contributed by atoms with E-state index in [1.807, 2.05) is 0 Å². The van der Waals surface area contributed by atoms with Crippen LogP contribution in [0.1, 0.15) is 25.7 Å². The maximum atomic E-state index is 10.8. The number of nitrogens with zero attached hydrogens (tertiary/aromatic N) is 4. The van der Waals surface area contributed by atoms with Crippen LogP contribution in [0.3, 0.4) is 0 Å². The molecule has 1 saturated carbocycles. The molecule has 0 spiro atoms. The van der Waals surface area contributed by atoms with Crippen LogP contribution in [0.25, 0.3) is 10.9 Å². The Bertz CT molecular complexity index is 873. The van der Waals surface area contributed by atoms with Crippen LogP contribution >= 0.6 is 0 Å². The minimum absolute atomic E-state index is 0.271. The van der Waals surface area contributed by atoms with Gasteiger partial charge in [0.05, 0.1) is 37.3 Å². The summed E-state index contributed by atoms with van der Waals surface area (Å²) >= 11 is 0. The highest BCUT2D eigenvalue weighted by Crippen LogP contribution is 2.30. The van der Waals surface area contributed by atoms with Crippen molar-refractivity contribution >= 4 is 16.6 Å². The molecule has 0 atom stereocenters. The molecule has 8 nitrogen and oxygen atoms in total. The maximum absolute atomic E-state index is 10.8. The van der Waals surface area contributed by atoms with Crippen molar-refractivity contribution in [1.29, 1.82) is 0 Å². The molecule has 0 amide bonds. The van der Waals surface area contributed by atoms with E-state index in [1.54, 1.807) is 6.33 Å². The van der Waals surface area contributed by atoms with Gasteiger partial charge in [0.1, 0.15) is 18.0 Å². The van der Waals surface area contributed by atoms with Crippen LogP contribution in [-0.4, -0.2) is 90.8 Å². The third-order valence-electron chi connectivity index (χ3n) is 6.53. The molecule has 0 unspecified atom stereocenters. The Labute approximate surface area is 183 Å². The van der Waals surface area contributed by atoms with Gasteiger partial charge in [-0.1, -0.05) is 0 Å². The first kappa shape index (κ1) is 20.9. The fraction of sp³-hybridized carbons (Fsp3) is 0.652. The van der Waals surface area contributed by atoms with Crippen molar-refractivity contribution in [3.8, 4) is 5.88 Å². The summed E-state index contributed by atoms with van der Waals surface area (Å²) in [4.78, 5) is 13.5. The lowest BCUT2D eigenvalue weighted by Gasteiger charge is -2.39. The summed E-state index contributed by atoms with van der Waals surface area (Å²) in [6.45, 7) is 5.91. The van der Waals surface area contributed by atoms with E-state index in [0.29, 0.717) is 38.9 Å². The van der Waals surface area contributed by atoms with Crippen LogP contribution in [-0.2, 0) is 9.47 Å². The molecule has 0 radical (unpaired) electrons. The average molecular weight is 429 g/mol. The minimum atomic E-state index is -0.925. The van der Waals surface area contributed by atoms with Gasteiger partial charge in [0.15, 0.2) is 0 Å². The van der Waals surface area contributed by atoms with Gasteiger partial charge >= 0.3 is 0 Å². The van der Waals surface area contributed by atoms with Crippen molar-refractivity contribution < 1.29 is 19.3 Å². The number of hydrogen-bond donors (Lipinski definition) is 1. The summed E-state index contributed by atoms with van der Waals surface area (Å²) in [6.07, 6.45) is 6.54. The third-order valence-corrected chi connectivity index (χ3v) is 6.53. The number of β-amino-alcohol motifs (C(OH)–C–C–N with tert-alkyl or cyclic N) is 1. The van der Waals surface area contributed by atoms with Gasteiger partial charge in [0.2, 0.25) is 5.88 Å². The minimum Gasteiger partial charge on any atom is -0.474 e. The van der Waals surface area contributed by atoms with Crippen molar-refractivity contribution in [3.05, 3.63) is 24.5 Å². The molecular formula is C23H32N4O4. The zero-order chi connectivity index (χ0) is 21.1. The Hall–Kier alpha value is -2.00. The fourth-order valence-electron chi connectivity index (χ4n) is 4.83. The highest BCUT2D eigenvalue weighted by molar-refractivity contribution is 5.86. The lowest BCUT2D eigenvalue weighted by molar-refractivity contribution is -0.0746. The third kappa shape index (κ3) is 4.92. The van der Waals surface area contributed by atoms with E-state index in [4.69, 9.17) is 14.2 Å². The summed E-state index contributed by atoms with van der Waals surface area (Å²) in [6, 6.07) is 6.35. The number of aliphatic hydroxyl groups is 1. The van der Waals surface area contributed by atoms with E-state index in [2.05, 4.69) is 38.0 Å². The van der Waals surface area contributed by atoms with Crippen LogP contribution in [0.5, 0.6) is 5.88 Å². The topological polar surface area (TPSA) is 80.2 Å². The lowest BCUT2D eigenvalue weighted by Crippen LogP contribution is -2.54. The van der Waals surface area contributed by atoms with E-state index >= 15 is 0 Å². The number of anilines is 1. The van der Waals surface area contributed by atoms with Crippen LogP contribution in [0, 0.1) is 0 Å². The normalized spacial score (nSPS) is 23.2. The first-order chi connectivity index (χ1) is 15.2. The van der Waals surface area contributed by atoms with Gasteiger partial charge in [0.25, 0.3) is 0 Å².